The van der Waals surface area contributed by atoms with E-state index in [4.69, 9.17) is 0 Å². The molecular weight excluding hydrogens is 368 g/mol. The van der Waals surface area contributed by atoms with Crippen LogP contribution in [-0.2, 0) is 24.8 Å². The second-order valence-corrected chi connectivity index (χ2v) is 10.1. The highest BCUT2D eigenvalue weighted by Gasteiger charge is 2.46. The van der Waals surface area contributed by atoms with Crippen LogP contribution in [0.2, 0.25) is 0 Å². The normalized spacial score (nSPS) is 20.7. The molecule has 8 nitrogen and oxygen atoms in total. The number of carbonyl (C=O) groups is 1. The third-order valence-electron chi connectivity index (χ3n) is 4.43. The maximum atomic E-state index is 12.8. The smallest absolute Gasteiger partial charge is 0.338 e. The third kappa shape index (κ3) is 3.13. The molecule has 1 saturated heterocycles. The molecule has 1 aromatic carbocycles. The average molecular weight is 388 g/mol. The Morgan fingerprint density at radius 2 is 1.88 bits per heavy atom. The van der Waals surface area contributed by atoms with Crippen molar-refractivity contribution in [3.8, 4) is 0 Å². The van der Waals surface area contributed by atoms with E-state index in [2.05, 4.69) is 4.74 Å². The van der Waals surface area contributed by atoms with Gasteiger partial charge in [-0.15, -0.1) is 0 Å². The average Bonchev–Trinajstić information content (AvgIpc) is 3.29. The Labute approximate surface area is 147 Å². The number of benzene rings is 1. The zero-order chi connectivity index (χ0) is 18.6. The predicted molar refractivity (Wildman–Crippen MR) is 91.6 cm³/mol. The molecule has 0 bridgehead atoms. The van der Waals surface area contributed by atoms with E-state index in [0.29, 0.717) is 12.1 Å². The lowest BCUT2D eigenvalue weighted by atomic mass is 10.1. The molecule has 0 spiro atoms. The zero-order valence-corrected chi connectivity index (χ0v) is 15.9. The number of rotatable bonds is 4. The second kappa shape index (κ2) is 5.96. The number of hydrogen-bond donors (Lipinski definition) is 0. The highest BCUT2D eigenvalue weighted by atomic mass is 32.2. The summed E-state index contributed by atoms with van der Waals surface area (Å²) in [4.78, 5) is 11.7. The van der Waals surface area contributed by atoms with E-state index >= 15 is 0 Å². The molecule has 1 aliphatic carbocycles. The molecule has 25 heavy (non-hydrogen) atoms. The summed E-state index contributed by atoms with van der Waals surface area (Å²) in [6, 6.07) is 2.63. The number of aryl methyl sites for hydroxylation is 1. The Bertz CT molecular complexity index is 935. The van der Waals surface area contributed by atoms with Crippen molar-refractivity contribution in [3.05, 3.63) is 23.3 Å². The van der Waals surface area contributed by atoms with E-state index in [0.717, 1.165) is 23.4 Å². The van der Waals surface area contributed by atoms with E-state index in [1.807, 2.05) is 0 Å². The van der Waals surface area contributed by atoms with Crippen LogP contribution in [0.4, 0.5) is 5.69 Å². The maximum absolute atomic E-state index is 12.8. The van der Waals surface area contributed by atoms with Crippen molar-refractivity contribution in [2.24, 2.45) is 0 Å². The summed E-state index contributed by atoms with van der Waals surface area (Å²) in [7, 11) is -6.32. The number of methoxy groups -OCH3 is 1. The van der Waals surface area contributed by atoms with Gasteiger partial charge in [0.25, 0.3) is 0 Å². The summed E-state index contributed by atoms with van der Waals surface area (Å²) in [5.41, 5.74) is 0.632. The van der Waals surface area contributed by atoms with E-state index < -0.39 is 26.0 Å². The van der Waals surface area contributed by atoms with E-state index in [1.165, 1.54) is 23.5 Å². The van der Waals surface area contributed by atoms with E-state index in [-0.39, 0.29) is 28.7 Å². The van der Waals surface area contributed by atoms with Gasteiger partial charge in [0.05, 0.1) is 23.3 Å². The van der Waals surface area contributed by atoms with Gasteiger partial charge in [-0.25, -0.2) is 13.2 Å². The van der Waals surface area contributed by atoms with Crippen molar-refractivity contribution in [1.82, 2.24) is 4.31 Å². The first kappa shape index (κ1) is 18.2. The predicted octanol–water partition coefficient (Wildman–Crippen LogP) is 0.714. The van der Waals surface area contributed by atoms with Crippen molar-refractivity contribution in [1.29, 1.82) is 0 Å². The lowest BCUT2D eigenvalue weighted by Crippen LogP contribution is -2.35. The number of esters is 1. The minimum atomic E-state index is -3.77. The molecule has 2 fully saturated rings. The van der Waals surface area contributed by atoms with Gasteiger partial charge in [-0.05, 0) is 37.5 Å². The van der Waals surface area contributed by atoms with Gasteiger partial charge >= 0.3 is 16.2 Å². The van der Waals surface area contributed by atoms with Crippen LogP contribution in [0.25, 0.3) is 0 Å². The fourth-order valence-corrected chi connectivity index (χ4v) is 5.82. The minimum Gasteiger partial charge on any atom is -0.465 e. The SMILES string of the molecule is COC(=O)c1cc(S(C)(=O)=O)c(N2CCN(C3CC3)S2(=O)=O)cc1C. The molecule has 0 atom stereocenters. The molecule has 2 aliphatic rings. The van der Waals surface area contributed by atoms with Crippen LogP contribution in [-0.4, -0.2) is 59.6 Å². The number of ether oxygens (including phenoxy) is 1. The highest BCUT2D eigenvalue weighted by molar-refractivity contribution is 7.92. The van der Waals surface area contributed by atoms with Gasteiger partial charge in [0, 0.05) is 25.4 Å². The van der Waals surface area contributed by atoms with Crippen molar-refractivity contribution in [3.63, 3.8) is 0 Å². The largest absolute Gasteiger partial charge is 0.465 e. The number of carbonyl (C=O) groups excluding carboxylic acids is 1. The summed E-state index contributed by atoms with van der Waals surface area (Å²) in [5.74, 6) is -0.669. The van der Waals surface area contributed by atoms with Crippen LogP contribution in [0.15, 0.2) is 17.0 Å². The standard InChI is InChI=1S/C15H20N2O6S2/c1-10-8-13(14(24(3,19)20)9-12(10)15(18)23-2)17-7-6-16(11-4-5-11)25(17,21)22/h8-9,11H,4-7H2,1-3H3. The van der Waals surface area contributed by atoms with Gasteiger partial charge in [-0.3, -0.25) is 4.31 Å². The molecule has 0 radical (unpaired) electrons. The second-order valence-electron chi connectivity index (χ2n) is 6.32. The molecule has 0 N–H and O–H groups in total. The highest BCUT2D eigenvalue weighted by Crippen LogP contribution is 2.38. The molecule has 10 heteroatoms. The first-order valence-corrected chi connectivity index (χ1v) is 11.1. The molecule has 138 valence electrons. The quantitative estimate of drug-likeness (QED) is 0.704. The molecule has 0 unspecified atom stereocenters. The zero-order valence-electron chi connectivity index (χ0n) is 14.2. The van der Waals surface area contributed by atoms with Crippen LogP contribution < -0.4 is 4.31 Å². The monoisotopic (exact) mass is 388 g/mol. The lowest BCUT2D eigenvalue weighted by molar-refractivity contribution is 0.0599. The summed E-state index contributed by atoms with van der Waals surface area (Å²) in [6.45, 7) is 2.12. The molecule has 1 aromatic rings. The van der Waals surface area contributed by atoms with E-state index in [1.54, 1.807) is 6.92 Å². The molecule has 0 amide bonds. The van der Waals surface area contributed by atoms with E-state index in [9.17, 15) is 21.6 Å². The first-order valence-electron chi connectivity index (χ1n) is 7.80. The van der Waals surface area contributed by atoms with Gasteiger partial charge in [0.2, 0.25) is 0 Å². The first-order chi connectivity index (χ1) is 11.6. The Morgan fingerprint density at radius 3 is 2.40 bits per heavy atom. The molecule has 1 heterocycles. The van der Waals surface area contributed by atoms with Crippen molar-refractivity contribution in [2.45, 2.75) is 30.7 Å². The van der Waals surface area contributed by atoms with Crippen LogP contribution in [0.5, 0.6) is 0 Å². The number of nitrogens with zero attached hydrogens (tertiary/aromatic N) is 2. The van der Waals surface area contributed by atoms with Crippen molar-refractivity contribution < 1.29 is 26.4 Å². The molecule has 3 rings (SSSR count). The molecule has 1 saturated carbocycles. The maximum Gasteiger partial charge on any atom is 0.338 e. The minimum absolute atomic E-state index is 0.00660. The van der Waals surface area contributed by atoms with Crippen LogP contribution in [0.1, 0.15) is 28.8 Å². The number of sulfone groups is 1. The van der Waals surface area contributed by atoms with Crippen LogP contribution >= 0.6 is 0 Å². The summed E-state index contributed by atoms with van der Waals surface area (Å²) < 4.78 is 57.3. The Balaban J connectivity index is 2.16. The molecule has 0 aromatic heterocycles. The van der Waals surface area contributed by atoms with Gasteiger partial charge in [-0.1, -0.05) is 0 Å². The lowest BCUT2D eigenvalue weighted by Gasteiger charge is -2.23. The number of hydrogen-bond acceptors (Lipinski definition) is 6. The van der Waals surface area contributed by atoms with Crippen LogP contribution in [0.3, 0.4) is 0 Å². The van der Waals surface area contributed by atoms with Crippen molar-refractivity contribution >= 4 is 31.7 Å². The Kier molecular flexibility index (Phi) is 4.33. The third-order valence-corrected chi connectivity index (χ3v) is 7.57. The molecular formula is C15H20N2O6S2. The van der Waals surface area contributed by atoms with Gasteiger partial charge < -0.3 is 4.74 Å². The number of anilines is 1. The van der Waals surface area contributed by atoms with Gasteiger partial charge in [-0.2, -0.15) is 12.7 Å². The summed E-state index contributed by atoms with van der Waals surface area (Å²) in [6.07, 6.45) is 2.64. The van der Waals surface area contributed by atoms with Gasteiger partial charge in [0.15, 0.2) is 9.84 Å². The Hall–Kier alpha value is -1.65. The fourth-order valence-electron chi connectivity index (χ4n) is 3.02. The summed E-state index contributed by atoms with van der Waals surface area (Å²) >= 11 is 0. The topological polar surface area (TPSA) is 101 Å². The molecule has 1 aliphatic heterocycles. The summed E-state index contributed by atoms with van der Waals surface area (Å²) in [5, 5.41) is 0. The van der Waals surface area contributed by atoms with Gasteiger partial charge in [0.1, 0.15) is 0 Å². The van der Waals surface area contributed by atoms with Crippen molar-refractivity contribution in [2.75, 3.05) is 30.8 Å². The fraction of sp³-hybridized carbons (Fsp3) is 0.533. The van der Waals surface area contributed by atoms with Crippen LogP contribution in [0, 0.1) is 6.92 Å². The Morgan fingerprint density at radius 1 is 1.24 bits per heavy atom.